The van der Waals surface area contributed by atoms with E-state index < -0.39 is 0 Å². The Morgan fingerprint density at radius 3 is 2.94 bits per heavy atom. The van der Waals surface area contributed by atoms with E-state index in [0.717, 1.165) is 23.4 Å². The van der Waals surface area contributed by atoms with E-state index >= 15 is 0 Å². The number of nitrogens with zero attached hydrogens (tertiary/aromatic N) is 1. The van der Waals surface area contributed by atoms with Crippen LogP contribution in [0.15, 0.2) is 18.2 Å². The Hall–Kier alpha value is -1.59. The van der Waals surface area contributed by atoms with Gasteiger partial charge in [-0.3, -0.25) is 4.79 Å². The monoisotopic (exact) mass is 250 g/mol. The highest BCUT2D eigenvalue weighted by molar-refractivity contribution is 5.96. The topological polar surface area (TPSA) is 75.8 Å². The Morgan fingerprint density at radius 2 is 2.17 bits per heavy atom. The number of fused-ring (bicyclic) bond motifs is 1. The van der Waals surface area contributed by atoms with Crippen LogP contribution in [0.4, 0.5) is 11.4 Å². The number of benzene rings is 1. The highest BCUT2D eigenvalue weighted by Gasteiger charge is 2.23. The SMILES string of the molecule is Nc1ccc2c(c1)CCC(=O)N2CCOCCO. The van der Waals surface area contributed by atoms with Crippen molar-refractivity contribution in [2.24, 2.45) is 0 Å². The number of ether oxygens (including phenoxy) is 1. The van der Waals surface area contributed by atoms with Crippen molar-refractivity contribution >= 4 is 17.3 Å². The van der Waals surface area contributed by atoms with E-state index in [1.165, 1.54) is 0 Å². The predicted molar refractivity (Wildman–Crippen MR) is 69.4 cm³/mol. The van der Waals surface area contributed by atoms with Crippen LogP contribution in [-0.4, -0.2) is 37.4 Å². The number of aryl methyl sites for hydroxylation is 1. The van der Waals surface area contributed by atoms with Crippen molar-refractivity contribution in [3.63, 3.8) is 0 Å². The van der Waals surface area contributed by atoms with Gasteiger partial charge in [0, 0.05) is 24.3 Å². The van der Waals surface area contributed by atoms with E-state index in [4.69, 9.17) is 15.6 Å². The average Bonchev–Trinajstić information content (AvgIpc) is 2.37. The summed E-state index contributed by atoms with van der Waals surface area (Å²) in [5, 5.41) is 8.62. The smallest absolute Gasteiger partial charge is 0.227 e. The first kappa shape index (κ1) is 12.9. The van der Waals surface area contributed by atoms with Crippen molar-refractivity contribution in [1.29, 1.82) is 0 Å². The number of nitrogen functional groups attached to an aromatic ring is 1. The molecular weight excluding hydrogens is 232 g/mol. The Kier molecular flexibility index (Phi) is 4.17. The fraction of sp³-hybridized carbons (Fsp3) is 0.462. The van der Waals surface area contributed by atoms with Gasteiger partial charge in [0.15, 0.2) is 0 Å². The predicted octanol–water partition coefficient (Wildman–Crippen LogP) is 0.557. The summed E-state index contributed by atoms with van der Waals surface area (Å²) in [6.07, 6.45) is 1.25. The van der Waals surface area contributed by atoms with Crippen LogP contribution in [0.1, 0.15) is 12.0 Å². The van der Waals surface area contributed by atoms with Crippen LogP contribution >= 0.6 is 0 Å². The van der Waals surface area contributed by atoms with Crippen LogP contribution in [0.3, 0.4) is 0 Å². The minimum absolute atomic E-state index is 0.00106. The van der Waals surface area contributed by atoms with Crippen LogP contribution in [0.2, 0.25) is 0 Å². The second-order valence-electron chi connectivity index (χ2n) is 4.27. The molecule has 0 radical (unpaired) electrons. The van der Waals surface area contributed by atoms with Gasteiger partial charge in [0.25, 0.3) is 0 Å². The molecule has 0 atom stereocenters. The molecule has 98 valence electrons. The summed E-state index contributed by atoms with van der Waals surface area (Å²) in [6, 6.07) is 5.61. The van der Waals surface area contributed by atoms with Crippen LogP contribution in [0, 0.1) is 0 Å². The van der Waals surface area contributed by atoms with Gasteiger partial charge in [-0.15, -0.1) is 0 Å². The van der Waals surface area contributed by atoms with Crippen molar-refractivity contribution in [3.05, 3.63) is 23.8 Å². The minimum atomic E-state index is 0.00106. The summed E-state index contributed by atoms with van der Waals surface area (Å²) >= 11 is 0. The first-order valence-electron chi connectivity index (χ1n) is 6.09. The number of amides is 1. The Morgan fingerprint density at radius 1 is 1.33 bits per heavy atom. The molecule has 5 heteroatoms. The molecule has 0 saturated heterocycles. The molecule has 0 bridgehead atoms. The Labute approximate surface area is 106 Å². The molecular formula is C13H18N2O3. The van der Waals surface area contributed by atoms with Gasteiger partial charge in [0.05, 0.1) is 19.8 Å². The first-order chi connectivity index (χ1) is 8.72. The Balaban J connectivity index is 2.08. The second kappa shape index (κ2) is 5.84. The fourth-order valence-electron chi connectivity index (χ4n) is 2.15. The van der Waals surface area contributed by atoms with Gasteiger partial charge in [-0.25, -0.2) is 0 Å². The zero-order valence-corrected chi connectivity index (χ0v) is 10.3. The van der Waals surface area contributed by atoms with Gasteiger partial charge in [-0.05, 0) is 30.2 Å². The lowest BCUT2D eigenvalue weighted by Gasteiger charge is -2.29. The number of aliphatic hydroxyl groups excluding tert-OH is 1. The van der Waals surface area contributed by atoms with E-state index in [0.29, 0.717) is 26.2 Å². The lowest BCUT2D eigenvalue weighted by molar-refractivity contribution is -0.119. The van der Waals surface area contributed by atoms with E-state index in [1.54, 1.807) is 11.0 Å². The van der Waals surface area contributed by atoms with Gasteiger partial charge in [-0.2, -0.15) is 0 Å². The lowest BCUT2D eigenvalue weighted by Crippen LogP contribution is -2.37. The van der Waals surface area contributed by atoms with E-state index in [1.807, 2.05) is 12.1 Å². The molecule has 1 aliphatic heterocycles. The van der Waals surface area contributed by atoms with Crippen molar-refractivity contribution in [1.82, 2.24) is 0 Å². The van der Waals surface area contributed by atoms with Crippen molar-refractivity contribution in [3.8, 4) is 0 Å². The third kappa shape index (κ3) is 2.80. The van der Waals surface area contributed by atoms with Gasteiger partial charge >= 0.3 is 0 Å². The molecule has 0 saturated carbocycles. The summed E-state index contributed by atoms with van der Waals surface area (Å²) in [5.74, 6) is 0.111. The van der Waals surface area contributed by atoms with Crippen LogP contribution in [-0.2, 0) is 16.0 Å². The molecule has 0 spiro atoms. The minimum Gasteiger partial charge on any atom is -0.399 e. The largest absolute Gasteiger partial charge is 0.399 e. The summed E-state index contributed by atoms with van der Waals surface area (Å²) in [6.45, 7) is 1.24. The number of aliphatic hydroxyl groups is 1. The van der Waals surface area contributed by atoms with Crippen molar-refractivity contribution in [2.45, 2.75) is 12.8 Å². The molecule has 0 aliphatic carbocycles. The highest BCUT2D eigenvalue weighted by atomic mass is 16.5. The molecule has 1 amide bonds. The summed E-state index contributed by atoms with van der Waals surface area (Å²) in [7, 11) is 0. The second-order valence-corrected chi connectivity index (χ2v) is 4.27. The maximum Gasteiger partial charge on any atom is 0.227 e. The fourth-order valence-corrected chi connectivity index (χ4v) is 2.15. The Bertz CT molecular complexity index is 434. The molecule has 1 heterocycles. The molecule has 5 nitrogen and oxygen atoms in total. The van der Waals surface area contributed by atoms with Crippen LogP contribution < -0.4 is 10.6 Å². The molecule has 0 fully saturated rings. The van der Waals surface area contributed by atoms with Crippen LogP contribution in [0.5, 0.6) is 0 Å². The van der Waals surface area contributed by atoms with Crippen LogP contribution in [0.25, 0.3) is 0 Å². The number of hydrogen-bond donors (Lipinski definition) is 2. The number of anilines is 2. The molecule has 1 aromatic rings. The zero-order chi connectivity index (χ0) is 13.0. The molecule has 18 heavy (non-hydrogen) atoms. The third-order valence-corrected chi connectivity index (χ3v) is 3.00. The van der Waals surface area contributed by atoms with E-state index in [9.17, 15) is 4.79 Å². The molecule has 2 rings (SSSR count). The number of carbonyl (C=O) groups excluding carboxylic acids is 1. The number of nitrogens with two attached hydrogens (primary N) is 1. The maximum atomic E-state index is 11.9. The number of carbonyl (C=O) groups is 1. The molecule has 0 unspecified atom stereocenters. The van der Waals surface area contributed by atoms with Gasteiger partial charge < -0.3 is 20.5 Å². The van der Waals surface area contributed by atoms with E-state index in [2.05, 4.69) is 0 Å². The van der Waals surface area contributed by atoms with Gasteiger partial charge in [-0.1, -0.05) is 0 Å². The summed E-state index contributed by atoms with van der Waals surface area (Å²) in [4.78, 5) is 13.6. The number of hydrogen-bond acceptors (Lipinski definition) is 4. The number of rotatable bonds is 5. The third-order valence-electron chi connectivity index (χ3n) is 3.00. The average molecular weight is 250 g/mol. The standard InChI is InChI=1S/C13H18N2O3/c14-11-2-3-12-10(9-11)1-4-13(17)15(12)5-7-18-8-6-16/h2-3,9,16H,1,4-8,14H2. The summed E-state index contributed by atoms with van der Waals surface area (Å²) < 4.78 is 5.20. The first-order valence-corrected chi connectivity index (χ1v) is 6.09. The molecule has 3 N–H and O–H groups in total. The lowest BCUT2D eigenvalue weighted by atomic mass is 10.0. The van der Waals surface area contributed by atoms with E-state index in [-0.39, 0.29) is 12.5 Å². The maximum absolute atomic E-state index is 11.9. The van der Waals surface area contributed by atoms with Gasteiger partial charge in [0.1, 0.15) is 0 Å². The zero-order valence-electron chi connectivity index (χ0n) is 10.3. The highest BCUT2D eigenvalue weighted by Crippen LogP contribution is 2.29. The normalized spacial score (nSPS) is 14.7. The van der Waals surface area contributed by atoms with Crippen molar-refractivity contribution < 1.29 is 14.6 Å². The molecule has 0 aromatic heterocycles. The molecule has 1 aromatic carbocycles. The summed E-state index contributed by atoms with van der Waals surface area (Å²) in [5.41, 5.74) is 8.50. The molecule has 1 aliphatic rings. The van der Waals surface area contributed by atoms with Crippen molar-refractivity contribution in [2.75, 3.05) is 37.0 Å². The quantitative estimate of drug-likeness (QED) is 0.591. The van der Waals surface area contributed by atoms with Gasteiger partial charge in [0.2, 0.25) is 5.91 Å².